The Labute approximate surface area is 124 Å². The van der Waals surface area contributed by atoms with Crippen LogP contribution >= 0.6 is 11.6 Å². The van der Waals surface area contributed by atoms with Gasteiger partial charge in [0.1, 0.15) is 5.15 Å². The highest BCUT2D eigenvalue weighted by Crippen LogP contribution is 2.12. The summed E-state index contributed by atoms with van der Waals surface area (Å²) in [6, 6.07) is 3.26. The third-order valence-corrected chi connectivity index (χ3v) is 2.82. The van der Waals surface area contributed by atoms with Crippen molar-refractivity contribution >= 4 is 23.4 Å². The summed E-state index contributed by atoms with van der Waals surface area (Å²) in [6.07, 6.45) is 1.98. The van der Waals surface area contributed by atoms with Crippen molar-refractivity contribution in [3.05, 3.63) is 28.5 Å². The Bertz CT molecular complexity index is 477. The molecule has 6 heteroatoms. The third-order valence-electron chi connectivity index (χ3n) is 2.63. The van der Waals surface area contributed by atoms with Crippen LogP contribution < -0.4 is 10.6 Å². The summed E-state index contributed by atoms with van der Waals surface area (Å²) >= 11 is 5.90. The van der Waals surface area contributed by atoms with Crippen LogP contribution in [0, 0.1) is 0 Å². The van der Waals surface area contributed by atoms with Gasteiger partial charge in [0.05, 0.1) is 0 Å². The molecule has 1 rings (SSSR count). The highest BCUT2D eigenvalue weighted by Gasteiger charge is 2.09. The lowest BCUT2D eigenvalue weighted by atomic mass is 10.1. The summed E-state index contributed by atoms with van der Waals surface area (Å²) in [7, 11) is 0. The van der Waals surface area contributed by atoms with E-state index in [1.807, 2.05) is 13.8 Å². The van der Waals surface area contributed by atoms with Gasteiger partial charge in [0.25, 0.3) is 5.91 Å². The molecule has 0 fully saturated rings. The van der Waals surface area contributed by atoms with E-state index in [9.17, 15) is 9.59 Å². The summed E-state index contributed by atoms with van der Waals surface area (Å²) in [5.74, 6) is -0.316. The molecule has 2 N–H and O–H groups in total. The Balaban J connectivity index is 2.56. The van der Waals surface area contributed by atoms with E-state index in [4.69, 9.17) is 11.6 Å². The maximum atomic E-state index is 12.0. The first-order valence-electron chi connectivity index (χ1n) is 6.78. The van der Waals surface area contributed by atoms with E-state index < -0.39 is 0 Å². The first kappa shape index (κ1) is 16.4. The van der Waals surface area contributed by atoms with Crippen molar-refractivity contribution in [2.75, 3.05) is 13.1 Å². The summed E-state index contributed by atoms with van der Waals surface area (Å²) in [5, 5.41) is 5.68. The fourth-order valence-corrected chi connectivity index (χ4v) is 1.97. The maximum Gasteiger partial charge on any atom is 0.251 e. The van der Waals surface area contributed by atoms with Crippen LogP contribution in [0.4, 0.5) is 0 Å². The normalized spacial score (nSPS) is 10.2. The van der Waals surface area contributed by atoms with Gasteiger partial charge in [-0.3, -0.25) is 9.59 Å². The average molecular weight is 298 g/mol. The second-order valence-corrected chi connectivity index (χ2v) is 4.77. The van der Waals surface area contributed by atoms with Crippen molar-refractivity contribution in [2.24, 2.45) is 0 Å². The molecule has 110 valence electrons. The van der Waals surface area contributed by atoms with E-state index in [1.54, 1.807) is 6.07 Å². The van der Waals surface area contributed by atoms with Crippen LogP contribution in [0.2, 0.25) is 5.15 Å². The van der Waals surface area contributed by atoms with Crippen molar-refractivity contribution in [3.8, 4) is 0 Å². The monoisotopic (exact) mass is 297 g/mol. The predicted molar refractivity (Wildman–Crippen MR) is 78.9 cm³/mol. The first-order chi connectivity index (χ1) is 9.56. The Hall–Kier alpha value is -1.62. The van der Waals surface area contributed by atoms with Gasteiger partial charge >= 0.3 is 0 Å². The number of hydrogen-bond acceptors (Lipinski definition) is 3. The highest BCUT2D eigenvalue weighted by atomic mass is 35.5. The number of nitrogens with one attached hydrogen (secondary N) is 2. The Morgan fingerprint density at radius 1 is 1.25 bits per heavy atom. The second-order valence-electron chi connectivity index (χ2n) is 4.38. The number of carbonyl (C=O) groups is 2. The molecule has 0 aromatic carbocycles. The number of rotatable bonds is 7. The number of carbonyl (C=O) groups excluding carboxylic acids is 2. The lowest BCUT2D eigenvalue weighted by Crippen LogP contribution is -2.30. The number of hydrogen-bond donors (Lipinski definition) is 2. The molecule has 0 spiro atoms. The Morgan fingerprint density at radius 2 is 2.00 bits per heavy atom. The van der Waals surface area contributed by atoms with Crippen LogP contribution in [0.15, 0.2) is 12.1 Å². The second kappa shape index (κ2) is 8.53. The van der Waals surface area contributed by atoms with E-state index in [2.05, 4.69) is 15.6 Å². The zero-order valence-corrected chi connectivity index (χ0v) is 12.6. The molecule has 0 saturated heterocycles. The maximum absolute atomic E-state index is 12.0. The van der Waals surface area contributed by atoms with Crippen molar-refractivity contribution in [3.63, 3.8) is 0 Å². The summed E-state index contributed by atoms with van der Waals surface area (Å²) in [4.78, 5) is 27.4. The molecule has 0 aliphatic heterocycles. The standard InChI is InChI=1S/C14H20ClN3O2/c1-3-5-11-8-10(9-12(15)18-11)14(20)17-7-6-13(19)16-4-2/h8-9H,3-7H2,1-2H3,(H,16,19)(H,17,20). The predicted octanol–water partition coefficient (Wildman–Crippen LogP) is 1.94. The van der Waals surface area contributed by atoms with Crippen molar-refractivity contribution in [1.29, 1.82) is 0 Å². The lowest BCUT2D eigenvalue weighted by molar-refractivity contribution is -0.120. The molecule has 0 unspecified atom stereocenters. The molecular formula is C14H20ClN3O2. The molecular weight excluding hydrogens is 278 g/mol. The molecule has 0 bridgehead atoms. The fraction of sp³-hybridized carbons (Fsp3) is 0.500. The largest absolute Gasteiger partial charge is 0.356 e. The number of amides is 2. The zero-order valence-electron chi connectivity index (χ0n) is 11.8. The molecule has 5 nitrogen and oxygen atoms in total. The molecule has 1 heterocycles. The van der Waals surface area contributed by atoms with Gasteiger partial charge in [-0.25, -0.2) is 4.98 Å². The quantitative estimate of drug-likeness (QED) is 0.756. The fourth-order valence-electron chi connectivity index (χ4n) is 1.74. The summed E-state index contributed by atoms with van der Waals surface area (Å²) in [6.45, 7) is 4.78. The van der Waals surface area contributed by atoms with Gasteiger partial charge in [-0.1, -0.05) is 24.9 Å². The Morgan fingerprint density at radius 3 is 2.65 bits per heavy atom. The number of pyridine rings is 1. The van der Waals surface area contributed by atoms with E-state index in [0.29, 0.717) is 23.8 Å². The van der Waals surface area contributed by atoms with Crippen LogP contribution in [0.3, 0.4) is 0 Å². The highest BCUT2D eigenvalue weighted by molar-refractivity contribution is 6.29. The minimum atomic E-state index is -0.240. The van der Waals surface area contributed by atoms with Crippen LogP contribution in [-0.2, 0) is 11.2 Å². The third kappa shape index (κ3) is 5.57. The molecule has 2 amide bonds. The van der Waals surface area contributed by atoms with Crippen molar-refractivity contribution < 1.29 is 9.59 Å². The van der Waals surface area contributed by atoms with E-state index in [0.717, 1.165) is 18.5 Å². The topological polar surface area (TPSA) is 71.1 Å². The molecule has 20 heavy (non-hydrogen) atoms. The van der Waals surface area contributed by atoms with Gasteiger partial charge in [-0.2, -0.15) is 0 Å². The SMILES string of the molecule is CCCc1cc(C(=O)NCCC(=O)NCC)cc(Cl)n1. The van der Waals surface area contributed by atoms with Gasteiger partial charge in [0, 0.05) is 30.8 Å². The number of aromatic nitrogens is 1. The number of aryl methyl sites for hydroxylation is 1. The van der Waals surface area contributed by atoms with Gasteiger partial charge < -0.3 is 10.6 Å². The van der Waals surface area contributed by atoms with E-state index in [1.165, 1.54) is 6.07 Å². The number of nitrogens with zero attached hydrogens (tertiary/aromatic N) is 1. The Kier molecular flexibility index (Phi) is 7.01. The first-order valence-corrected chi connectivity index (χ1v) is 7.16. The van der Waals surface area contributed by atoms with Gasteiger partial charge in [-0.15, -0.1) is 0 Å². The van der Waals surface area contributed by atoms with Gasteiger partial charge in [0.15, 0.2) is 0 Å². The summed E-state index contributed by atoms with van der Waals surface area (Å²) < 4.78 is 0. The van der Waals surface area contributed by atoms with Crippen molar-refractivity contribution in [2.45, 2.75) is 33.1 Å². The molecule has 0 atom stereocenters. The minimum absolute atomic E-state index is 0.0766. The lowest BCUT2D eigenvalue weighted by Gasteiger charge is -2.07. The van der Waals surface area contributed by atoms with Crippen LogP contribution in [-0.4, -0.2) is 29.9 Å². The molecule has 0 aliphatic rings. The van der Waals surface area contributed by atoms with Crippen LogP contribution in [0.1, 0.15) is 42.7 Å². The molecule has 0 saturated carbocycles. The van der Waals surface area contributed by atoms with E-state index >= 15 is 0 Å². The van der Waals surface area contributed by atoms with Crippen LogP contribution in [0.25, 0.3) is 0 Å². The molecule has 0 aliphatic carbocycles. The molecule has 0 radical (unpaired) electrons. The molecule has 1 aromatic heterocycles. The zero-order chi connectivity index (χ0) is 15.0. The summed E-state index contributed by atoms with van der Waals surface area (Å²) in [5.41, 5.74) is 1.28. The molecule has 1 aromatic rings. The minimum Gasteiger partial charge on any atom is -0.356 e. The average Bonchev–Trinajstić information content (AvgIpc) is 2.38. The van der Waals surface area contributed by atoms with Crippen molar-refractivity contribution in [1.82, 2.24) is 15.6 Å². The van der Waals surface area contributed by atoms with Gasteiger partial charge in [-0.05, 0) is 25.5 Å². The smallest absolute Gasteiger partial charge is 0.251 e. The van der Waals surface area contributed by atoms with Crippen LogP contribution in [0.5, 0.6) is 0 Å². The van der Waals surface area contributed by atoms with E-state index in [-0.39, 0.29) is 18.2 Å². The van der Waals surface area contributed by atoms with Gasteiger partial charge in [0.2, 0.25) is 5.91 Å². The number of halogens is 1.